The molecule has 0 unspecified atom stereocenters. The molecule has 0 rings (SSSR count). The summed E-state index contributed by atoms with van der Waals surface area (Å²) < 4.78 is 0.308. The molecule has 0 atom stereocenters. The van der Waals surface area contributed by atoms with E-state index in [0.717, 1.165) is 38.8 Å². The summed E-state index contributed by atoms with van der Waals surface area (Å²) in [4.78, 5) is 17.4. The van der Waals surface area contributed by atoms with E-state index in [4.69, 9.17) is 11.6 Å². The molecule has 2 amide bonds. The van der Waals surface area contributed by atoms with Gasteiger partial charge in [-0.1, -0.05) is 50.1 Å². The molecule has 0 aromatic carbocycles. The van der Waals surface area contributed by atoms with Gasteiger partial charge in [-0.25, -0.2) is 4.79 Å². The zero-order valence-corrected chi connectivity index (χ0v) is 11.9. The van der Waals surface area contributed by atoms with Gasteiger partial charge < -0.3 is 4.90 Å². The van der Waals surface area contributed by atoms with Crippen molar-refractivity contribution in [2.75, 3.05) is 19.3 Å². The van der Waals surface area contributed by atoms with Crippen LogP contribution in [0.4, 0.5) is 4.79 Å². The number of hydrogen-bond acceptors (Lipinski definition) is 2. The standard InChI is InChI=1S/C11H21ClN2OS/c1-4-6-8-14(9-7-5-2)11(15)13-10(12)16-3/h4-9H2,1-3H3/b13-10+. The van der Waals surface area contributed by atoms with Gasteiger partial charge in [-0.2, -0.15) is 4.99 Å². The first-order valence-corrected chi connectivity index (χ1v) is 7.33. The van der Waals surface area contributed by atoms with Crippen LogP contribution in [0.15, 0.2) is 4.99 Å². The number of nitrogens with zero attached hydrogens (tertiary/aromatic N) is 2. The number of hydrogen-bond donors (Lipinski definition) is 0. The highest BCUT2D eigenvalue weighted by Gasteiger charge is 2.11. The maximum atomic E-state index is 11.8. The molecule has 0 aromatic rings. The van der Waals surface area contributed by atoms with Crippen molar-refractivity contribution in [2.45, 2.75) is 39.5 Å². The molecule has 0 radical (unpaired) electrons. The van der Waals surface area contributed by atoms with Gasteiger partial charge in [0.05, 0.1) is 0 Å². The molecule has 0 saturated heterocycles. The highest BCUT2D eigenvalue weighted by Crippen LogP contribution is 2.07. The van der Waals surface area contributed by atoms with Gasteiger partial charge >= 0.3 is 6.03 Å². The monoisotopic (exact) mass is 264 g/mol. The van der Waals surface area contributed by atoms with Crippen LogP contribution in [0, 0.1) is 0 Å². The van der Waals surface area contributed by atoms with E-state index in [1.165, 1.54) is 11.8 Å². The lowest BCUT2D eigenvalue weighted by molar-refractivity contribution is 0.206. The number of carbonyl (C=O) groups excluding carboxylic acids is 1. The van der Waals surface area contributed by atoms with Gasteiger partial charge in [0.15, 0.2) is 4.50 Å². The first kappa shape index (κ1) is 15.8. The number of rotatable bonds is 6. The molecule has 0 bridgehead atoms. The number of carbonyl (C=O) groups is 1. The predicted octanol–water partition coefficient (Wildman–Crippen LogP) is 3.97. The predicted molar refractivity (Wildman–Crippen MR) is 73.6 cm³/mol. The van der Waals surface area contributed by atoms with E-state index in [2.05, 4.69) is 18.8 Å². The summed E-state index contributed by atoms with van der Waals surface area (Å²) in [6, 6.07) is -0.207. The Morgan fingerprint density at radius 3 is 2.12 bits per heavy atom. The van der Waals surface area contributed by atoms with Crippen LogP contribution in [0.3, 0.4) is 0 Å². The summed E-state index contributed by atoms with van der Waals surface area (Å²) in [5.74, 6) is 0. The summed E-state index contributed by atoms with van der Waals surface area (Å²) in [6.07, 6.45) is 6.00. The smallest absolute Gasteiger partial charge is 0.323 e. The van der Waals surface area contributed by atoms with Crippen LogP contribution in [0.2, 0.25) is 0 Å². The lowest BCUT2D eigenvalue weighted by atomic mass is 10.3. The van der Waals surface area contributed by atoms with Gasteiger partial charge in [0.1, 0.15) is 0 Å². The van der Waals surface area contributed by atoms with E-state index in [0.29, 0.717) is 4.50 Å². The Balaban J connectivity index is 4.30. The fourth-order valence-electron chi connectivity index (χ4n) is 1.19. The molecule has 94 valence electrons. The summed E-state index contributed by atoms with van der Waals surface area (Å²) in [5.41, 5.74) is 0. The third-order valence-corrected chi connectivity index (χ3v) is 3.16. The van der Waals surface area contributed by atoms with E-state index >= 15 is 0 Å². The fraction of sp³-hybridized carbons (Fsp3) is 0.818. The number of halogens is 1. The minimum Gasteiger partial charge on any atom is -0.323 e. The average Bonchev–Trinajstić information content (AvgIpc) is 2.28. The quantitative estimate of drug-likeness (QED) is 0.537. The second-order valence-corrected chi connectivity index (χ2v) is 4.92. The molecular formula is C11H21ClN2OS. The van der Waals surface area contributed by atoms with Crippen LogP contribution in [0.1, 0.15) is 39.5 Å². The molecule has 0 aliphatic carbocycles. The largest absolute Gasteiger partial charge is 0.345 e. The van der Waals surface area contributed by atoms with Crippen LogP contribution in [0.25, 0.3) is 0 Å². The SMILES string of the molecule is CCCCN(CCCC)C(=O)/N=C(\Cl)SC. The number of urea groups is 1. The van der Waals surface area contributed by atoms with Crippen LogP contribution in [-0.4, -0.2) is 34.8 Å². The Morgan fingerprint density at radius 2 is 1.75 bits per heavy atom. The van der Waals surface area contributed by atoms with Crippen LogP contribution >= 0.6 is 23.4 Å². The van der Waals surface area contributed by atoms with Crippen molar-refractivity contribution in [3.8, 4) is 0 Å². The molecular weight excluding hydrogens is 244 g/mol. The molecule has 3 nitrogen and oxygen atoms in total. The lowest BCUT2D eigenvalue weighted by Gasteiger charge is -2.19. The van der Waals surface area contributed by atoms with Crippen LogP contribution in [0.5, 0.6) is 0 Å². The minimum absolute atomic E-state index is 0.207. The first-order chi connectivity index (χ1) is 7.65. The van der Waals surface area contributed by atoms with Crippen molar-refractivity contribution in [3.63, 3.8) is 0 Å². The molecule has 0 fully saturated rings. The molecule has 0 aliphatic rings. The zero-order chi connectivity index (χ0) is 12.4. The molecule has 0 N–H and O–H groups in total. The van der Waals surface area contributed by atoms with Crippen LogP contribution < -0.4 is 0 Å². The number of amides is 2. The Labute approximate surface area is 108 Å². The molecule has 0 spiro atoms. The topological polar surface area (TPSA) is 32.7 Å². The van der Waals surface area contributed by atoms with Crippen molar-refractivity contribution < 1.29 is 4.79 Å². The van der Waals surface area contributed by atoms with Gasteiger partial charge in [0.2, 0.25) is 0 Å². The van der Waals surface area contributed by atoms with Gasteiger partial charge in [0.25, 0.3) is 0 Å². The Hall–Kier alpha value is -0.220. The van der Waals surface area contributed by atoms with E-state index < -0.39 is 0 Å². The van der Waals surface area contributed by atoms with Gasteiger partial charge in [-0.3, -0.25) is 0 Å². The van der Waals surface area contributed by atoms with Gasteiger partial charge in [0, 0.05) is 13.1 Å². The summed E-state index contributed by atoms with van der Waals surface area (Å²) in [7, 11) is 0. The maximum Gasteiger partial charge on any atom is 0.345 e. The van der Waals surface area contributed by atoms with E-state index in [-0.39, 0.29) is 6.03 Å². The molecule has 0 aromatic heterocycles. The Bertz CT molecular complexity index is 226. The van der Waals surface area contributed by atoms with Crippen molar-refractivity contribution in [1.82, 2.24) is 4.90 Å². The number of unbranched alkanes of at least 4 members (excludes halogenated alkanes) is 2. The minimum atomic E-state index is -0.207. The third-order valence-electron chi connectivity index (χ3n) is 2.19. The maximum absolute atomic E-state index is 11.8. The van der Waals surface area contributed by atoms with E-state index in [9.17, 15) is 4.79 Å². The van der Waals surface area contributed by atoms with Crippen LogP contribution in [-0.2, 0) is 0 Å². The second-order valence-electron chi connectivity index (χ2n) is 3.55. The molecule has 5 heteroatoms. The second kappa shape index (κ2) is 9.97. The molecule has 0 aliphatic heterocycles. The van der Waals surface area contributed by atoms with Gasteiger partial charge in [-0.05, 0) is 19.1 Å². The summed E-state index contributed by atoms with van der Waals surface area (Å²) in [6.45, 7) is 5.77. The van der Waals surface area contributed by atoms with Crippen molar-refractivity contribution in [1.29, 1.82) is 0 Å². The normalized spacial score (nSPS) is 11.6. The van der Waals surface area contributed by atoms with Gasteiger partial charge in [-0.15, -0.1) is 0 Å². The van der Waals surface area contributed by atoms with Crippen molar-refractivity contribution in [2.24, 2.45) is 4.99 Å². The van der Waals surface area contributed by atoms with Crippen molar-refractivity contribution >= 4 is 33.9 Å². The average molecular weight is 265 g/mol. The first-order valence-electron chi connectivity index (χ1n) is 5.72. The highest BCUT2D eigenvalue weighted by atomic mass is 35.5. The zero-order valence-electron chi connectivity index (χ0n) is 10.3. The number of aliphatic imine (C=N–C) groups is 1. The van der Waals surface area contributed by atoms with E-state index in [1.54, 1.807) is 4.90 Å². The highest BCUT2D eigenvalue weighted by molar-refractivity contribution is 8.16. The molecule has 16 heavy (non-hydrogen) atoms. The van der Waals surface area contributed by atoms with Crippen molar-refractivity contribution in [3.05, 3.63) is 0 Å². The Morgan fingerprint density at radius 1 is 1.25 bits per heavy atom. The number of thioether (sulfide) groups is 1. The summed E-state index contributed by atoms with van der Waals surface area (Å²) >= 11 is 7.02. The fourth-order valence-corrected chi connectivity index (χ4v) is 1.43. The lowest BCUT2D eigenvalue weighted by Crippen LogP contribution is -2.30. The molecule has 0 heterocycles. The third kappa shape index (κ3) is 7.12. The van der Waals surface area contributed by atoms with E-state index in [1.807, 2.05) is 6.26 Å². The Kier molecular flexibility index (Phi) is 9.83. The molecule has 0 saturated carbocycles. The summed E-state index contributed by atoms with van der Waals surface area (Å²) in [5, 5.41) is 0.